The van der Waals surface area contributed by atoms with Gasteiger partial charge in [-0.15, -0.1) is 0 Å². The van der Waals surface area contributed by atoms with Crippen molar-refractivity contribution < 1.29 is 14.7 Å². The van der Waals surface area contributed by atoms with E-state index in [1.54, 1.807) is 0 Å². The minimum atomic E-state index is -0.875. The molecule has 4 atom stereocenters. The molecule has 1 aromatic carbocycles. The Labute approximate surface area is 137 Å². The number of carbonyl (C=O) groups is 2. The van der Waals surface area contributed by atoms with Crippen LogP contribution in [0.3, 0.4) is 0 Å². The minimum Gasteiger partial charge on any atom is -0.481 e. The van der Waals surface area contributed by atoms with E-state index in [-0.39, 0.29) is 18.2 Å². The Morgan fingerprint density at radius 1 is 1.17 bits per heavy atom. The van der Waals surface area contributed by atoms with Gasteiger partial charge < -0.3 is 10.4 Å². The summed E-state index contributed by atoms with van der Waals surface area (Å²) in [6, 6.07) is 9.44. The van der Waals surface area contributed by atoms with Crippen LogP contribution >= 0.6 is 0 Å². The lowest BCUT2D eigenvalue weighted by Gasteiger charge is -2.28. The number of ketones is 1. The topological polar surface area (TPSA) is 66.4 Å². The first kappa shape index (κ1) is 16.2. The molecule has 2 aliphatic rings. The van der Waals surface area contributed by atoms with Gasteiger partial charge in [0.05, 0.1) is 12.0 Å². The molecule has 1 unspecified atom stereocenters. The second kappa shape index (κ2) is 7.26. The number of hydrogen-bond acceptors (Lipinski definition) is 3. The van der Waals surface area contributed by atoms with Crippen molar-refractivity contribution in [2.45, 2.75) is 44.6 Å². The van der Waals surface area contributed by atoms with Crippen LogP contribution in [0.2, 0.25) is 0 Å². The van der Waals surface area contributed by atoms with E-state index in [1.165, 1.54) is 19.3 Å². The Kier molecular flexibility index (Phi) is 5.11. The van der Waals surface area contributed by atoms with E-state index in [2.05, 4.69) is 5.32 Å². The second-order valence-electron chi connectivity index (χ2n) is 6.99. The van der Waals surface area contributed by atoms with Gasteiger partial charge in [0.15, 0.2) is 5.78 Å². The third-order valence-electron chi connectivity index (χ3n) is 5.46. The lowest BCUT2D eigenvalue weighted by Crippen LogP contribution is -2.38. The van der Waals surface area contributed by atoms with Gasteiger partial charge in [0.2, 0.25) is 0 Å². The highest BCUT2D eigenvalue weighted by atomic mass is 16.4. The summed E-state index contributed by atoms with van der Waals surface area (Å²) in [6.45, 7) is 0.914. The molecule has 1 saturated heterocycles. The molecule has 0 spiro atoms. The average molecular weight is 315 g/mol. The van der Waals surface area contributed by atoms with E-state index in [0.717, 1.165) is 18.5 Å². The SMILES string of the molecule is O=C(O)C(CC(=O)[C@H]1NC[C@H]2CCCC[C@H]21)Cc1ccccc1. The molecular weight excluding hydrogens is 290 g/mol. The third kappa shape index (κ3) is 3.81. The van der Waals surface area contributed by atoms with Gasteiger partial charge in [-0.2, -0.15) is 0 Å². The molecule has 1 saturated carbocycles. The maximum Gasteiger partial charge on any atom is 0.307 e. The number of aliphatic carboxylic acids is 1. The van der Waals surface area contributed by atoms with E-state index in [4.69, 9.17) is 0 Å². The summed E-state index contributed by atoms with van der Waals surface area (Å²) in [5, 5.41) is 12.9. The Hall–Kier alpha value is -1.68. The van der Waals surface area contributed by atoms with Gasteiger partial charge in [-0.3, -0.25) is 9.59 Å². The van der Waals surface area contributed by atoms with Gasteiger partial charge in [0.25, 0.3) is 0 Å². The molecule has 1 aliphatic heterocycles. The van der Waals surface area contributed by atoms with Crippen molar-refractivity contribution in [1.82, 2.24) is 5.32 Å². The number of carboxylic acids is 1. The minimum absolute atomic E-state index is 0.0859. The van der Waals surface area contributed by atoms with Gasteiger partial charge >= 0.3 is 5.97 Å². The van der Waals surface area contributed by atoms with Crippen LogP contribution in [0.15, 0.2) is 30.3 Å². The summed E-state index contributed by atoms with van der Waals surface area (Å²) in [7, 11) is 0. The van der Waals surface area contributed by atoms with Gasteiger partial charge in [0, 0.05) is 6.42 Å². The largest absolute Gasteiger partial charge is 0.481 e. The molecule has 2 fully saturated rings. The lowest BCUT2D eigenvalue weighted by molar-refractivity contribution is -0.144. The van der Waals surface area contributed by atoms with Crippen molar-refractivity contribution in [3.05, 3.63) is 35.9 Å². The van der Waals surface area contributed by atoms with E-state index in [9.17, 15) is 14.7 Å². The summed E-state index contributed by atoms with van der Waals surface area (Å²) in [5.41, 5.74) is 0.975. The molecule has 4 nitrogen and oxygen atoms in total. The molecule has 2 N–H and O–H groups in total. The lowest BCUT2D eigenvalue weighted by atomic mass is 9.76. The van der Waals surface area contributed by atoms with E-state index >= 15 is 0 Å². The number of fused-ring (bicyclic) bond motifs is 1. The normalized spacial score (nSPS) is 28.1. The van der Waals surface area contributed by atoms with Gasteiger partial charge in [-0.05, 0) is 43.2 Å². The van der Waals surface area contributed by atoms with E-state index in [0.29, 0.717) is 18.3 Å². The molecule has 23 heavy (non-hydrogen) atoms. The summed E-state index contributed by atoms with van der Waals surface area (Å²) in [5.74, 6) is -0.394. The third-order valence-corrected chi connectivity index (χ3v) is 5.46. The highest BCUT2D eigenvalue weighted by molar-refractivity contribution is 5.88. The number of hydrogen-bond donors (Lipinski definition) is 2. The monoisotopic (exact) mass is 315 g/mol. The van der Waals surface area contributed by atoms with Crippen LogP contribution in [0.4, 0.5) is 0 Å². The standard InChI is InChI=1S/C19H25NO3/c21-17(18-16-9-5-4-8-14(16)12-20-18)11-15(19(22)23)10-13-6-2-1-3-7-13/h1-3,6-7,14-16,18,20H,4-5,8-12H2,(H,22,23)/t14-,15?,16-,18+/m1/s1. The van der Waals surface area contributed by atoms with Crippen LogP contribution < -0.4 is 5.32 Å². The quantitative estimate of drug-likeness (QED) is 0.847. The summed E-state index contributed by atoms with van der Waals surface area (Å²) in [6.07, 6.45) is 5.31. The molecule has 1 aromatic rings. The number of carboxylic acid groups (broad SMARTS) is 1. The molecule has 124 valence electrons. The zero-order chi connectivity index (χ0) is 16.2. The number of carbonyl (C=O) groups excluding carboxylic acids is 1. The molecule has 0 bridgehead atoms. The van der Waals surface area contributed by atoms with Gasteiger partial charge in [-0.25, -0.2) is 0 Å². The van der Waals surface area contributed by atoms with Crippen LogP contribution in [0.1, 0.15) is 37.7 Å². The van der Waals surface area contributed by atoms with Crippen LogP contribution in [0.5, 0.6) is 0 Å². The first-order valence-electron chi connectivity index (χ1n) is 8.68. The van der Waals surface area contributed by atoms with Crippen LogP contribution in [0, 0.1) is 17.8 Å². The van der Waals surface area contributed by atoms with Crippen molar-refractivity contribution in [1.29, 1.82) is 0 Å². The van der Waals surface area contributed by atoms with Crippen molar-refractivity contribution in [2.75, 3.05) is 6.54 Å². The highest BCUT2D eigenvalue weighted by Gasteiger charge is 2.41. The Morgan fingerprint density at radius 3 is 2.65 bits per heavy atom. The second-order valence-corrected chi connectivity index (χ2v) is 6.99. The molecule has 1 aliphatic carbocycles. The maximum absolute atomic E-state index is 12.7. The number of nitrogens with one attached hydrogen (secondary N) is 1. The Bertz CT molecular complexity index is 557. The van der Waals surface area contributed by atoms with E-state index in [1.807, 2.05) is 30.3 Å². The molecule has 0 radical (unpaired) electrons. The summed E-state index contributed by atoms with van der Waals surface area (Å²) in [4.78, 5) is 24.2. The molecular formula is C19H25NO3. The first-order chi connectivity index (χ1) is 11.1. The molecule has 4 heteroatoms. The predicted molar refractivity (Wildman–Crippen MR) is 88.1 cm³/mol. The van der Waals surface area contributed by atoms with Crippen molar-refractivity contribution >= 4 is 11.8 Å². The first-order valence-corrected chi connectivity index (χ1v) is 8.68. The molecule has 3 rings (SSSR count). The smallest absolute Gasteiger partial charge is 0.307 e. The van der Waals surface area contributed by atoms with Gasteiger partial charge in [0.1, 0.15) is 0 Å². The number of rotatable bonds is 6. The Morgan fingerprint density at radius 2 is 1.91 bits per heavy atom. The molecule has 0 aromatic heterocycles. The van der Waals surface area contributed by atoms with Crippen LogP contribution in [-0.2, 0) is 16.0 Å². The predicted octanol–water partition coefficient (Wildman–Crippen LogP) is 2.67. The fourth-order valence-corrected chi connectivity index (χ4v) is 4.23. The van der Waals surface area contributed by atoms with Crippen molar-refractivity contribution in [2.24, 2.45) is 17.8 Å². The fraction of sp³-hybridized carbons (Fsp3) is 0.579. The summed E-state index contributed by atoms with van der Waals surface area (Å²) >= 11 is 0. The molecule has 0 amide bonds. The number of Topliss-reactive ketones (excluding diaryl/α,β-unsaturated/α-hetero) is 1. The van der Waals surface area contributed by atoms with Gasteiger partial charge in [-0.1, -0.05) is 43.2 Å². The molecule has 1 heterocycles. The van der Waals surface area contributed by atoms with Crippen LogP contribution in [-0.4, -0.2) is 29.4 Å². The Balaban J connectivity index is 1.63. The van der Waals surface area contributed by atoms with Crippen LogP contribution in [0.25, 0.3) is 0 Å². The highest BCUT2D eigenvalue weighted by Crippen LogP contribution is 2.36. The van der Waals surface area contributed by atoms with Crippen molar-refractivity contribution in [3.63, 3.8) is 0 Å². The zero-order valence-corrected chi connectivity index (χ0v) is 13.4. The van der Waals surface area contributed by atoms with Crippen molar-refractivity contribution in [3.8, 4) is 0 Å². The van der Waals surface area contributed by atoms with E-state index < -0.39 is 11.9 Å². The summed E-state index contributed by atoms with van der Waals surface area (Å²) < 4.78 is 0. The zero-order valence-electron chi connectivity index (χ0n) is 13.4. The fourth-order valence-electron chi connectivity index (χ4n) is 4.23. The average Bonchev–Trinajstić information content (AvgIpc) is 2.99. The number of benzene rings is 1. The maximum atomic E-state index is 12.7.